The molecule has 3 rings (SSSR count). The Balaban J connectivity index is 1.82. The lowest BCUT2D eigenvalue weighted by molar-refractivity contribution is -0.384. The molecule has 0 aliphatic carbocycles. The van der Waals surface area contributed by atoms with Gasteiger partial charge in [0.2, 0.25) is 0 Å². The molecule has 0 aromatic heterocycles. The van der Waals surface area contributed by atoms with E-state index in [-0.39, 0.29) is 23.1 Å². The Bertz CT molecular complexity index is 802. The third-order valence-electron chi connectivity index (χ3n) is 3.46. The highest BCUT2D eigenvalue weighted by molar-refractivity contribution is 6.31. The minimum absolute atomic E-state index is 0.172. The summed E-state index contributed by atoms with van der Waals surface area (Å²) in [5.41, 5.74) is 0.597. The summed E-state index contributed by atoms with van der Waals surface area (Å²) in [5, 5.41) is 14.0. The van der Waals surface area contributed by atoms with E-state index < -0.39 is 16.7 Å². The van der Waals surface area contributed by atoms with Crippen LogP contribution >= 0.6 is 11.6 Å². The number of halogens is 1. The predicted octanol–water partition coefficient (Wildman–Crippen LogP) is 2.91. The number of carbonyl (C=O) groups is 2. The minimum Gasteiger partial charge on any atom is -0.362 e. The number of benzene rings is 2. The normalized spacial score (nSPS) is 13.2. The smallest absolute Gasteiger partial charge is 0.293 e. The fraction of sp³-hybridized carbons (Fsp3) is 0.0667. The molecule has 1 heterocycles. The van der Waals surface area contributed by atoms with Crippen molar-refractivity contribution >= 4 is 34.8 Å². The van der Waals surface area contributed by atoms with Gasteiger partial charge in [0.15, 0.2) is 0 Å². The van der Waals surface area contributed by atoms with E-state index in [4.69, 9.17) is 11.6 Å². The van der Waals surface area contributed by atoms with E-state index in [1.165, 1.54) is 18.2 Å². The number of amides is 2. The molecule has 0 saturated carbocycles. The van der Waals surface area contributed by atoms with Gasteiger partial charge in [-0.25, -0.2) is 0 Å². The molecular formula is C15H10ClN3O4. The fourth-order valence-corrected chi connectivity index (χ4v) is 2.52. The molecule has 8 heteroatoms. The Morgan fingerprint density at radius 2 is 1.70 bits per heavy atom. The van der Waals surface area contributed by atoms with Gasteiger partial charge in [0.1, 0.15) is 5.69 Å². The fourth-order valence-electron chi connectivity index (χ4n) is 2.35. The Hall–Kier alpha value is -2.93. The molecule has 116 valence electrons. The molecule has 0 unspecified atom stereocenters. The number of carbonyl (C=O) groups excluding carboxylic acids is 2. The molecule has 2 amide bonds. The van der Waals surface area contributed by atoms with E-state index in [0.717, 1.165) is 4.90 Å². The molecule has 1 aliphatic heterocycles. The number of nitrogens with one attached hydrogen (secondary N) is 1. The van der Waals surface area contributed by atoms with Crippen LogP contribution in [-0.2, 0) is 0 Å². The number of hydrogen-bond donors (Lipinski definition) is 1. The van der Waals surface area contributed by atoms with E-state index in [0.29, 0.717) is 11.1 Å². The molecule has 0 spiro atoms. The van der Waals surface area contributed by atoms with Crippen molar-refractivity contribution in [2.45, 2.75) is 0 Å². The summed E-state index contributed by atoms with van der Waals surface area (Å²) in [6.45, 7) is -0.172. The van der Waals surface area contributed by atoms with Crippen molar-refractivity contribution in [3.05, 3.63) is 68.7 Å². The third kappa shape index (κ3) is 2.62. The monoisotopic (exact) mass is 331 g/mol. The van der Waals surface area contributed by atoms with Crippen LogP contribution in [0.1, 0.15) is 20.7 Å². The third-order valence-corrected chi connectivity index (χ3v) is 3.70. The number of anilines is 1. The van der Waals surface area contributed by atoms with Gasteiger partial charge >= 0.3 is 0 Å². The molecule has 1 N–H and O–H groups in total. The van der Waals surface area contributed by atoms with Gasteiger partial charge in [-0.2, -0.15) is 0 Å². The van der Waals surface area contributed by atoms with Crippen LogP contribution in [0.15, 0.2) is 42.5 Å². The van der Waals surface area contributed by atoms with E-state index in [2.05, 4.69) is 5.32 Å². The second kappa shape index (κ2) is 5.69. The van der Waals surface area contributed by atoms with Gasteiger partial charge in [-0.15, -0.1) is 0 Å². The van der Waals surface area contributed by atoms with Crippen LogP contribution in [0.2, 0.25) is 5.02 Å². The number of fused-ring (bicyclic) bond motifs is 1. The van der Waals surface area contributed by atoms with Crippen LogP contribution in [0.5, 0.6) is 0 Å². The number of rotatable bonds is 4. The topological polar surface area (TPSA) is 92.6 Å². The first kappa shape index (κ1) is 15.0. The van der Waals surface area contributed by atoms with Gasteiger partial charge in [0, 0.05) is 11.1 Å². The summed E-state index contributed by atoms with van der Waals surface area (Å²) < 4.78 is 0. The van der Waals surface area contributed by atoms with Crippen molar-refractivity contribution in [2.24, 2.45) is 0 Å². The molecule has 2 aromatic carbocycles. The van der Waals surface area contributed by atoms with Crippen molar-refractivity contribution in [3.8, 4) is 0 Å². The molecule has 0 saturated heterocycles. The lowest BCUT2D eigenvalue weighted by Crippen LogP contribution is -2.34. The molecule has 0 fully saturated rings. The minimum atomic E-state index is -0.587. The Morgan fingerprint density at radius 3 is 2.26 bits per heavy atom. The average Bonchev–Trinajstić information content (AvgIpc) is 2.78. The van der Waals surface area contributed by atoms with Gasteiger partial charge in [-0.05, 0) is 24.3 Å². The SMILES string of the molecule is O=C1c2ccccc2C(=O)N1CNc1ccc(Cl)cc1[N+](=O)[O-]. The number of nitro benzene ring substituents is 1. The lowest BCUT2D eigenvalue weighted by atomic mass is 10.1. The molecule has 0 bridgehead atoms. The maximum Gasteiger partial charge on any atom is 0.293 e. The van der Waals surface area contributed by atoms with Gasteiger partial charge < -0.3 is 5.32 Å². The van der Waals surface area contributed by atoms with Gasteiger partial charge in [0.05, 0.1) is 22.7 Å². The summed E-state index contributed by atoms with van der Waals surface area (Å²) >= 11 is 5.74. The average molecular weight is 332 g/mol. The van der Waals surface area contributed by atoms with Crippen molar-refractivity contribution < 1.29 is 14.5 Å². The van der Waals surface area contributed by atoms with Crippen molar-refractivity contribution in [2.75, 3.05) is 12.0 Å². The summed E-state index contributed by atoms with van der Waals surface area (Å²) in [6.07, 6.45) is 0. The summed E-state index contributed by atoms with van der Waals surface area (Å²) in [4.78, 5) is 35.9. The summed E-state index contributed by atoms with van der Waals surface area (Å²) in [6, 6.07) is 10.6. The van der Waals surface area contributed by atoms with Crippen molar-refractivity contribution in [1.82, 2.24) is 4.90 Å². The molecule has 23 heavy (non-hydrogen) atoms. The van der Waals surface area contributed by atoms with Crippen LogP contribution in [0.3, 0.4) is 0 Å². The zero-order valence-electron chi connectivity index (χ0n) is 11.7. The molecular weight excluding hydrogens is 322 g/mol. The van der Waals surface area contributed by atoms with E-state index in [1.807, 2.05) is 0 Å². The number of nitrogens with zero attached hydrogens (tertiary/aromatic N) is 2. The zero-order chi connectivity index (χ0) is 16.6. The second-order valence-electron chi connectivity index (χ2n) is 4.84. The Kier molecular flexibility index (Phi) is 3.71. The van der Waals surface area contributed by atoms with Crippen molar-refractivity contribution in [1.29, 1.82) is 0 Å². The van der Waals surface area contributed by atoms with Crippen molar-refractivity contribution in [3.63, 3.8) is 0 Å². The Labute approximate surface area is 135 Å². The molecule has 2 aromatic rings. The number of imide groups is 1. The van der Waals surface area contributed by atoms with Crippen LogP contribution in [-0.4, -0.2) is 28.3 Å². The first-order valence-corrected chi connectivity index (χ1v) is 7.00. The first-order chi connectivity index (χ1) is 11.0. The van der Waals surface area contributed by atoms with Crippen LogP contribution in [0.25, 0.3) is 0 Å². The summed E-state index contributed by atoms with van der Waals surface area (Å²) in [5.74, 6) is -0.871. The first-order valence-electron chi connectivity index (χ1n) is 6.62. The Morgan fingerprint density at radius 1 is 1.09 bits per heavy atom. The summed E-state index contributed by atoms with van der Waals surface area (Å²) in [7, 11) is 0. The van der Waals surface area contributed by atoms with Crippen LogP contribution < -0.4 is 5.32 Å². The van der Waals surface area contributed by atoms with Gasteiger partial charge in [-0.1, -0.05) is 23.7 Å². The maximum atomic E-state index is 12.2. The standard InChI is InChI=1S/C15H10ClN3O4/c16-9-5-6-12(13(7-9)19(22)23)17-8-18-14(20)10-3-1-2-4-11(10)15(18)21/h1-7,17H,8H2. The second-order valence-corrected chi connectivity index (χ2v) is 5.27. The highest BCUT2D eigenvalue weighted by Crippen LogP contribution is 2.28. The quantitative estimate of drug-likeness (QED) is 0.528. The zero-order valence-corrected chi connectivity index (χ0v) is 12.4. The van der Waals surface area contributed by atoms with E-state index in [9.17, 15) is 19.7 Å². The number of nitro groups is 1. The molecule has 1 aliphatic rings. The predicted molar refractivity (Wildman–Crippen MR) is 83.5 cm³/mol. The van der Waals surface area contributed by atoms with Gasteiger partial charge in [-0.3, -0.25) is 24.6 Å². The number of hydrogen-bond acceptors (Lipinski definition) is 5. The van der Waals surface area contributed by atoms with E-state index in [1.54, 1.807) is 24.3 Å². The van der Waals surface area contributed by atoms with Crippen LogP contribution in [0.4, 0.5) is 11.4 Å². The molecule has 0 atom stereocenters. The molecule has 7 nitrogen and oxygen atoms in total. The maximum absolute atomic E-state index is 12.2. The largest absolute Gasteiger partial charge is 0.362 e. The highest BCUT2D eigenvalue weighted by atomic mass is 35.5. The lowest BCUT2D eigenvalue weighted by Gasteiger charge is -2.15. The van der Waals surface area contributed by atoms with E-state index >= 15 is 0 Å². The van der Waals surface area contributed by atoms with Crippen LogP contribution in [0, 0.1) is 10.1 Å². The highest BCUT2D eigenvalue weighted by Gasteiger charge is 2.35. The molecule has 0 radical (unpaired) electrons. The van der Waals surface area contributed by atoms with Gasteiger partial charge in [0.25, 0.3) is 17.5 Å².